The fourth-order valence-corrected chi connectivity index (χ4v) is 4.17. The van der Waals surface area contributed by atoms with E-state index in [9.17, 15) is 0 Å². The quantitative estimate of drug-likeness (QED) is 0.197. The molecule has 0 fully saturated rings. The predicted octanol–water partition coefficient (Wildman–Crippen LogP) is 8.22. The van der Waals surface area contributed by atoms with E-state index in [0.717, 1.165) is 17.7 Å². The zero-order valence-corrected chi connectivity index (χ0v) is 16.8. The van der Waals surface area contributed by atoms with Gasteiger partial charge in [-0.2, -0.15) is 0 Å². The van der Waals surface area contributed by atoms with E-state index < -0.39 is 0 Å². The average Bonchev–Trinajstić information content (AvgIpc) is 2.48. The van der Waals surface area contributed by atoms with Gasteiger partial charge >= 0.3 is 0 Å². The first kappa shape index (κ1) is 22.3. The maximum Gasteiger partial charge on any atom is 0.0256 e. The number of hydrogen-bond donors (Lipinski definition) is 0. The second-order valence-electron chi connectivity index (χ2n) is 7.72. The van der Waals surface area contributed by atoms with E-state index in [4.69, 9.17) is 11.6 Å². The molecule has 0 spiro atoms. The normalized spacial score (nSPS) is 14.5. The van der Waals surface area contributed by atoms with Gasteiger partial charge in [0.05, 0.1) is 0 Å². The SMILES string of the molecule is CCCCCCCCCCCCCCC(C)C(CCl)C(C)C. The molecule has 0 nitrogen and oxygen atoms in total. The molecule has 0 rings (SSSR count). The maximum atomic E-state index is 6.11. The molecule has 0 aliphatic carbocycles. The smallest absolute Gasteiger partial charge is 0.0256 e. The van der Waals surface area contributed by atoms with Gasteiger partial charge in [-0.05, 0) is 17.8 Å². The molecule has 2 unspecified atom stereocenters. The van der Waals surface area contributed by atoms with E-state index in [0.29, 0.717) is 5.92 Å². The molecule has 0 aromatic rings. The highest BCUT2D eigenvalue weighted by Gasteiger charge is 2.19. The van der Waals surface area contributed by atoms with Gasteiger partial charge in [-0.1, -0.05) is 111 Å². The third-order valence-corrected chi connectivity index (χ3v) is 5.63. The van der Waals surface area contributed by atoms with Crippen LogP contribution in [0.1, 0.15) is 111 Å². The lowest BCUT2D eigenvalue weighted by molar-refractivity contribution is 0.279. The zero-order valence-electron chi connectivity index (χ0n) is 16.0. The molecule has 0 aromatic heterocycles. The molecule has 0 saturated carbocycles. The van der Waals surface area contributed by atoms with Crippen molar-refractivity contribution < 1.29 is 0 Å². The van der Waals surface area contributed by atoms with E-state index in [-0.39, 0.29) is 0 Å². The van der Waals surface area contributed by atoms with Gasteiger partial charge in [-0.3, -0.25) is 0 Å². The van der Waals surface area contributed by atoms with Gasteiger partial charge in [-0.15, -0.1) is 11.6 Å². The van der Waals surface area contributed by atoms with Crippen LogP contribution in [0.15, 0.2) is 0 Å². The van der Waals surface area contributed by atoms with Crippen molar-refractivity contribution in [2.75, 3.05) is 5.88 Å². The van der Waals surface area contributed by atoms with E-state index in [1.54, 1.807) is 0 Å². The van der Waals surface area contributed by atoms with E-state index >= 15 is 0 Å². The van der Waals surface area contributed by atoms with Crippen molar-refractivity contribution >= 4 is 11.6 Å². The number of alkyl halides is 1. The number of unbranched alkanes of at least 4 members (excludes halogenated alkanes) is 11. The topological polar surface area (TPSA) is 0 Å². The van der Waals surface area contributed by atoms with Crippen LogP contribution in [0.4, 0.5) is 0 Å². The zero-order chi connectivity index (χ0) is 16.6. The predicted molar refractivity (Wildman–Crippen MR) is 104 cm³/mol. The Hall–Kier alpha value is 0.290. The van der Waals surface area contributed by atoms with Crippen molar-refractivity contribution in [3.8, 4) is 0 Å². The molecule has 0 radical (unpaired) electrons. The standard InChI is InChI=1S/C21H43Cl/c1-5-6-7-8-9-10-11-12-13-14-15-16-17-20(4)21(18-22)19(2)3/h19-21H,5-18H2,1-4H3. The summed E-state index contributed by atoms with van der Waals surface area (Å²) < 4.78 is 0. The highest BCUT2D eigenvalue weighted by Crippen LogP contribution is 2.26. The van der Waals surface area contributed by atoms with Crippen molar-refractivity contribution in [2.24, 2.45) is 17.8 Å². The van der Waals surface area contributed by atoms with Crippen LogP contribution < -0.4 is 0 Å². The molecule has 0 aliphatic heterocycles. The Balaban J connectivity index is 3.29. The molecule has 2 atom stereocenters. The Morgan fingerprint density at radius 2 is 1.05 bits per heavy atom. The van der Waals surface area contributed by atoms with Crippen LogP contribution in [-0.2, 0) is 0 Å². The Labute approximate surface area is 146 Å². The number of halogens is 1. The third kappa shape index (κ3) is 12.8. The lowest BCUT2D eigenvalue weighted by Gasteiger charge is -2.25. The van der Waals surface area contributed by atoms with Gasteiger partial charge in [0.25, 0.3) is 0 Å². The monoisotopic (exact) mass is 330 g/mol. The first-order chi connectivity index (χ1) is 10.6. The van der Waals surface area contributed by atoms with E-state index in [1.165, 1.54) is 83.5 Å². The van der Waals surface area contributed by atoms with Crippen molar-refractivity contribution in [3.05, 3.63) is 0 Å². The summed E-state index contributed by atoms with van der Waals surface area (Å²) in [7, 11) is 0. The number of hydrogen-bond acceptors (Lipinski definition) is 0. The van der Waals surface area contributed by atoms with Crippen LogP contribution in [0.5, 0.6) is 0 Å². The summed E-state index contributed by atoms with van der Waals surface area (Å²) in [6.07, 6.45) is 18.6. The van der Waals surface area contributed by atoms with Crippen molar-refractivity contribution in [2.45, 2.75) is 111 Å². The minimum absolute atomic E-state index is 0.703. The van der Waals surface area contributed by atoms with Crippen LogP contribution in [0.2, 0.25) is 0 Å². The van der Waals surface area contributed by atoms with Gasteiger partial charge < -0.3 is 0 Å². The molecular weight excluding hydrogens is 288 g/mol. The van der Waals surface area contributed by atoms with Crippen LogP contribution in [0, 0.1) is 17.8 Å². The molecule has 0 heterocycles. The van der Waals surface area contributed by atoms with Gasteiger partial charge in [0.15, 0.2) is 0 Å². The summed E-state index contributed by atoms with van der Waals surface area (Å²) >= 11 is 6.11. The summed E-state index contributed by atoms with van der Waals surface area (Å²) in [5.41, 5.74) is 0. The van der Waals surface area contributed by atoms with Gasteiger partial charge in [0, 0.05) is 5.88 Å². The fraction of sp³-hybridized carbons (Fsp3) is 1.00. The number of rotatable bonds is 16. The molecule has 0 N–H and O–H groups in total. The lowest BCUT2D eigenvalue weighted by atomic mass is 9.83. The Kier molecular flexibility index (Phi) is 16.4. The Morgan fingerprint density at radius 3 is 1.41 bits per heavy atom. The highest BCUT2D eigenvalue weighted by atomic mass is 35.5. The van der Waals surface area contributed by atoms with E-state index in [1.807, 2.05) is 0 Å². The summed E-state index contributed by atoms with van der Waals surface area (Å²) in [6.45, 7) is 9.31. The molecule has 22 heavy (non-hydrogen) atoms. The van der Waals surface area contributed by atoms with Crippen LogP contribution in [0.25, 0.3) is 0 Å². The average molecular weight is 331 g/mol. The second-order valence-corrected chi connectivity index (χ2v) is 8.03. The van der Waals surface area contributed by atoms with E-state index in [2.05, 4.69) is 27.7 Å². The van der Waals surface area contributed by atoms with Crippen molar-refractivity contribution in [3.63, 3.8) is 0 Å². The molecule has 0 bridgehead atoms. The summed E-state index contributed by atoms with van der Waals surface area (Å²) in [4.78, 5) is 0. The minimum Gasteiger partial charge on any atom is -0.126 e. The lowest BCUT2D eigenvalue weighted by Crippen LogP contribution is -2.19. The highest BCUT2D eigenvalue weighted by molar-refractivity contribution is 6.18. The van der Waals surface area contributed by atoms with Crippen LogP contribution >= 0.6 is 11.6 Å². The summed E-state index contributed by atoms with van der Waals surface area (Å²) in [5, 5.41) is 0. The first-order valence-corrected chi connectivity index (χ1v) is 10.7. The minimum atomic E-state index is 0.703. The molecule has 1 heteroatoms. The molecule has 0 aliphatic rings. The van der Waals surface area contributed by atoms with Crippen LogP contribution in [-0.4, -0.2) is 5.88 Å². The first-order valence-electron chi connectivity index (χ1n) is 10.2. The molecule has 0 aromatic carbocycles. The van der Waals surface area contributed by atoms with Crippen LogP contribution in [0.3, 0.4) is 0 Å². The van der Waals surface area contributed by atoms with Gasteiger partial charge in [0.2, 0.25) is 0 Å². The Morgan fingerprint density at radius 1 is 0.636 bits per heavy atom. The molecule has 0 amide bonds. The fourth-order valence-electron chi connectivity index (χ4n) is 3.51. The molecule has 134 valence electrons. The largest absolute Gasteiger partial charge is 0.126 e. The van der Waals surface area contributed by atoms with Crippen molar-refractivity contribution in [1.82, 2.24) is 0 Å². The van der Waals surface area contributed by atoms with Gasteiger partial charge in [-0.25, -0.2) is 0 Å². The Bertz CT molecular complexity index is 212. The van der Waals surface area contributed by atoms with Crippen molar-refractivity contribution in [1.29, 1.82) is 0 Å². The summed E-state index contributed by atoms with van der Waals surface area (Å²) in [6, 6.07) is 0. The summed E-state index contributed by atoms with van der Waals surface area (Å²) in [5.74, 6) is 3.05. The third-order valence-electron chi connectivity index (χ3n) is 5.28. The molecule has 0 saturated heterocycles. The molecular formula is C21H43Cl. The maximum absolute atomic E-state index is 6.11. The van der Waals surface area contributed by atoms with Gasteiger partial charge in [0.1, 0.15) is 0 Å². The second kappa shape index (κ2) is 16.2.